The summed E-state index contributed by atoms with van der Waals surface area (Å²) in [6.45, 7) is 8.59. The van der Waals surface area contributed by atoms with Gasteiger partial charge in [0.1, 0.15) is 0 Å². The summed E-state index contributed by atoms with van der Waals surface area (Å²) in [5.74, 6) is 0.560. The third kappa shape index (κ3) is 5.07. The van der Waals surface area contributed by atoms with Crippen molar-refractivity contribution in [3.63, 3.8) is 0 Å². The van der Waals surface area contributed by atoms with Gasteiger partial charge >= 0.3 is 0 Å². The van der Waals surface area contributed by atoms with Crippen LogP contribution in [0.4, 0.5) is 0 Å². The molecule has 2 rings (SSSR count). The molecule has 0 radical (unpaired) electrons. The Hall–Kier alpha value is -1.46. The van der Waals surface area contributed by atoms with Crippen LogP contribution in [0, 0.1) is 5.92 Å². The molecule has 2 N–H and O–H groups in total. The molecule has 2 heterocycles. The summed E-state index contributed by atoms with van der Waals surface area (Å²) in [6.07, 6.45) is 5.46. The average molecular weight is 304 g/mol. The van der Waals surface area contributed by atoms with Gasteiger partial charge in [-0.1, -0.05) is 19.9 Å². The number of carbonyl (C=O) groups is 1. The van der Waals surface area contributed by atoms with Crippen LogP contribution < -0.4 is 5.73 Å². The second-order valence-corrected chi connectivity index (χ2v) is 6.55. The molecule has 1 fully saturated rings. The van der Waals surface area contributed by atoms with Crippen LogP contribution in [0.25, 0.3) is 0 Å². The van der Waals surface area contributed by atoms with Crippen molar-refractivity contribution < 1.29 is 4.79 Å². The largest absolute Gasteiger partial charge is 0.340 e. The molecule has 1 saturated heterocycles. The van der Waals surface area contributed by atoms with E-state index in [4.69, 9.17) is 5.73 Å². The van der Waals surface area contributed by atoms with Crippen LogP contribution in [0.1, 0.15) is 32.3 Å². The number of amides is 1. The van der Waals surface area contributed by atoms with E-state index in [1.54, 1.807) is 6.20 Å². The molecule has 0 spiro atoms. The second-order valence-electron chi connectivity index (χ2n) is 6.55. The van der Waals surface area contributed by atoms with E-state index in [9.17, 15) is 4.79 Å². The Morgan fingerprint density at radius 1 is 1.32 bits per heavy atom. The van der Waals surface area contributed by atoms with E-state index in [2.05, 4.69) is 29.8 Å². The van der Waals surface area contributed by atoms with Crippen LogP contribution in [0.2, 0.25) is 0 Å². The summed E-state index contributed by atoms with van der Waals surface area (Å²) in [6, 6.07) is 3.71. The molecule has 1 aliphatic heterocycles. The summed E-state index contributed by atoms with van der Waals surface area (Å²) < 4.78 is 0. The number of rotatable bonds is 5. The van der Waals surface area contributed by atoms with Crippen LogP contribution in [-0.2, 0) is 11.3 Å². The second kappa shape index (κ2) is 8.25. The smallest absolute Gasteiger partial charge is 0.239 e. The molecule has 0 saturated carbocycles. The molecule has 5 nitrogen and oxygen atoms in total. The summed E-state index contributed by atoms with van der Waals surface area (Å²) in [4.78, 5) is 20.9. The Morgan fingerprint density at radius 3 is 2.82 bits per heavy atom. The zero-order chi connectivity index (χ0) is 15.9. The van der Waals surface area contributed by atoms with Gasteiger partial charge in [-0.05, 0) is 30.4 Å². The molecule has 1 atom stereocenters. The zero-order valence-corrected chi connectivity index (χ0v) is 13.7. The van der Waals surface area contributed by atoms with Crippen molar-refractivity contribution in [3.05, 3.63) is 30.1 Å². The van der Waals surface area contributed by atoms with Gasteiger partial charge in [0.15, 0.2) is 0 Å². The van der Waals surface area contributed by atoms with Crippen LogP contribution in [0.5, 0.6) is 0 Å². The lowest BCUT2D eigenvalue weighted by atomic mass is 10.0. The fourth-order valence-corrected chi connectivity index (χ4v) is 2.94. The van der Waals surface area contributed by atoms with Gasteiger partial charge in [-0.15, -0.1) is 0 Å². The molecule has 0 unspecified atom stereocenters. The van der Waals surface area contributed by atoms with E-state index in [1.807, 2.05) is 17.2 Å². The lowest BCUT2D eigenvalue weighted by molar-refractivity contribution is -0.132. The zero-order valence-electron chi connectivity index (χ0n) is 13.7. The van der Waals surface area contributed by atoms with Gasteiger partial charge in [0.05, 0.1) is 6.04 Å². The Bertz CT molecular complexity index is 463. The first-order valence-electron chi connectivity index (χ1n) is 8.22. The first-order chi connectivity index (χ1) is 10.6. The van der Waals surface area contributed by atoms with Crippen molar-refractivity contribution >= 4 is 5.91 Å². The minimum absolute atomic E-state index is 0.108. The predicted molar refractivity (Wildman–Crippen MR) is 88.1 cm³/mol. The number of carbonyl (C=O) groups excluding carboxylic acids is 1. The maximum absolute atomic E-state index is 12.4. The van der Waals surface area contributed by atoms with Gasteiger partial charge in [0.25, 0.3) is 0 Å². The standard InChI is InChI=1S/C17H28N4O/c1-14(2)11-16(18)17(22)21-8-4-7-20(9-10-21)13-15-5-3-6-19-12-15/h3,5-6,12,14,16H,4,7-11,13,18H2,1-2H3/t16-/m1/s1. The van der Waals surface area contributed by atoms with Crippen molar-refractivity contribution in [1.29, 1.82) is 0 Å². The number of aromatic nitrogens is 1. The van der Waals surface area contributed by atoms with Crippen molar-refractivity contribution in [2.24, 2.45) is 11.7 Å². The minimum atomic E-state index is -0.357. The molecular formula is C17H28N4O. The van der Waals surface area contributed by atoms with E-state index in [-0.39, 0.29) is 11.9 Å². The number of pyridine rings is 1. The molecule has 1 aromatic heterocycles. The van der Waals surface area contributed by atoms with Crippen LogP contribution in [0.15, 0.2) is 24.5 Å². The number of nitrogens with zero attached hydrogens (tertiary/aromatic N) is 3. The lowest BCUT2D eigenvalue weighted by Gasteiger charge is -2.25. The average Bonchev–Trinajstić information content (AvgIpc) is 2.72. The van der Waals surface area contributed by atoms with Gasteiger partial charge in [-0.3, -0.25) is 14.7 Å². The van der Waals surface area contributed by atoms with Crippen molar-refractivity contribution in [2.45, 2.75) is 39.3 Å². The lowest BCUT2D eigenvalue weighted by Crippen LogP contribution is -2.45. The maximum Gasteiger partial charge on any atom is 0.239 e. The molecule has 0 aliphatic carbocycles. The molecule has 1 aliphatic rings. The molecule has 0 aromatic carbocycles. The molecule has 1 amide bonds. The summed E-state index contributed by atoms with van der Waals surface area (Å²) in [5, 5.41) is 0. The third-order valence-electron chi connectivity index (χ3n) is 4.07. The monoisotopic (exact) mass is 304 g/mol. The van der Waals surface area contributed by atoms with Gasteiger partial charge < -0.3 is 10.6 Å². The number of hydrogen-bond acceptors (Lipinski definition) is 4. The predicted octanol–water partition coefficient (Wildman–Crippen LogP) is 1.49. The highest BCUT2D eigenvalue weighted by Gasteiger charge is 2.24. The Balaban J connectivity index is 1.85. The Kier molecular flexibility index (Phi) is 6.34. The highest BCUT2D eigenvalue weighted by atomic mass is 16.2. The molecule has 122 valence electrons. The highest BCUT2D eigenvalue weighted by Crippen LogP contribution is 2.11. The fraction of sp³-hybridized carbons (Fsp3) is 0.647. The van der Waals surface area contributed by atoms with E-state index in [0.717, 1.165) is 45.6 Å². The van der Waals surface area contributed by atoms with Crippen molar-refractivity contribution in [3.8, 4) is 0 Å². The molecule has 1 aromatic rings. The summed E-state index contributed by atoms with van der Waals surface area (Å²) in [5.41, 5.74) is 7.27. The Morgan fingerprint density at radius 2 is 2.14 bits per heavy atom. The summed E-state index contributed by atoms with van der Waals surface area (Å²) >= 11 is 0. The number of nitrogens with two attached hydrogens (primary N) is 1. The molecular weight excluding hydrogens is 276 g/mol. The van der Waals surface area contributed by atoms with E-state index in [1.165, 1.54) is 5.56 Å². The van der Waals surface area contributed by atoms with Gasteiger partial charge in [0.2, 0.25) is 5.91 Å². The normalized spacial score (nSPS) is 18.3. The van der Waals surface area contributed by atoms with E-state index >= 15 is 0 Å². The maximum atomic E-state index is 12.4. The quantitative estimate of drug-likeness (QED) is 0.895. The summed E-state index contributed by atoms with van der Waals surface area (Å²) in [7, 11) is 0. The van der Waals surface area contributed by atoms with Crippen LogP contribution in [0.3, 0.4) is 0 Å². The van der Waals surface area contributed by atoms with Gasteiger partial charge in [-0.25, -0.2) is 0 Å². The SMILES string of the molecule is CC(C)C[C@@H](N)C(=O)N1CCCN(Cc2cccnc2)CC1. The minimum Gasteiger partial charge on any atom is -0.340 e. The number of hydrogen-bond donors (Lipinski definition) is 1. The van der Waals surface area contributed by atoms with E-state index in [0.29, 0.717) is 5.92 Å². The van der Waals surface area contributed by atoms with Gasteiger partial charge in [0, 0.05) is 45.1 Å². The Labute approximate surface area is 133 Å². The van der Waals surface area contributed by atoms with Crippen LogP contribution >= 0.6 is 0 Å². The molecule has 0 bridgehead atoms. The van der Waals surface area contributed by atoms with Gasteiger partial charge in [-0.2, -0.15) is 0 Å². The van der Waals surface area contributed by atoms with Crippen molar-refractivity contribution in [2.75, 3.05) is 26.2 Å². The van der Waals surface area contributed by atoms with Crippen molar-refractivity contribution in [1.82, 2.24) is 14.8 Å². The first-order valence-corrected chi connectivity index (χ1v) is 8.22. The topological polar surface area (TPSA) is 62.5 Å². The molecule has 22 heavy (non-hydrogen) atoms. The fourth-order valence-electron chi connectivity index (χ4n) is 2.94. The molecule has 5 heteroatoms. The first kappa shape index (κ1) is 16.9. The highest BCUT2D eigenvalue weighted by molar-refractivity contribution is 5.81. The van der Waals surface area contributed by atoms with Crippen LogP contribution in [-0.4, -0.2) is 52.9 Å². The van der Waals surface area contributed by atoms with E-state index < -0.39 is 0 Å². The third-order valence-corrected chi connectivity index (χ3v) is 4.07.